The minimum absolute atomic E-state index is 0.124. The SMILES string of the molecule is NS(=O)(=O)c1c(C(F)(F)F)ccc(-c2ccc3c(c2)CNC3)c1C1NNNN1. The van der Waals surface area contributed by atoms with Crippen LogP contribution in [0.3, 0.4) is 0 Å². The van der Waals surface area contributed by atoms with Crippen LogP contribution < -0.4 is 32.4 Å². The van der Waals surface area contributed by atoms with Crippen molar-refractivity contribution in [1.29, 1.82) is 0 Å². The number of hydrogen-bond acceptors (Lipinski definition) is 7. The van der Waals surface area contributed by atoms with Crippen LogP contribution in [0.5, 0.6) is 0 Å². The van der Waals surface area contributed by atoms with Gasteiger partial charge in [-0.2, -0.15) is 24.2 Å². The van der Waals surface area contributed by atoms with E-state index in [-0.39, 0.29) is 5.56 Å². The fourth-order valence-electron chi connectivity index (χ4n) is 3.53. The molecule has 2 aromatic carbocycles. The molecule has 8 nitrogen and oxygen atoms in total. The molecule has 0 radical (unpaired) electrons. The maximum atomic E-state index is 13.6. The monoisotopic (exact) mass is 414 g/mol. The minimum Gasteiger partial charge on any atom is -0.309 e. The van der Waals surface area contributed by atoms with Gasteiger partial charge in [-0.25, -0.2) is 24.4 Å². The zero-order valence-electron chi connectivity index (χ0n) is 14.3. The van der Waals surface area contributed by atoms with Crippen LogP contribution in [0, 0.1) is 0 Å². The Morgan fingerprint density at radius 1 is 1.00 bits per heavy atom. The number of benzene rings is 2. The molecule has 150 valence electrons. The topological polar surface area (TPSA) is 120 Å². The maximum absolute atomic E-state index is 13.6. The third kappa shape index (κ3) is 3.39. The summed E-state index contributed by atoms with van der Waals surface area (Å²) < 4.78 is 65.1. The zero-order chi connectivity index (χ0) is 20.1. The van der Waals surface area contributed by atoms with Gasteiger partial charge in [0.25, 0.3) is 0 Å². The Labute approximate surface area is 158 Å². The van der Waals surface area contributed by atoms with Gasteiger partial charge < -0.3 is 5.32 Å². The molecule has 0 aliphatic carbocycles. The van der Waals surface area contributed by atoms with Crippen molar-refractivity contribution in [2.75, 3.05) is 0 Å². The van der Waals surface area contributed by atoms with Crippen molar-refractivity contribution in [3.63, 3.8) is 0 Å². The van der Waals surface area contributed by atoms with Crippen molar-refractivity contribution in [3.05, 3.63) is 52.6 Å². The highest BCUT2D eigenvalue weighted by Crippen LogP contribution is 2.41. The second-order valence-electron chi connectivity index (χ2n) is 6.50. The van der Waals surface area contributed by atoms with Gasteiger partial charge in [-0.15, -0.1) is 0 Å². The van der Waals surface area contributed by atoms with E-state index in [9.17, 15) is 21.6 Å². The van der Waals surface area contributed by atoms with Crippen LogP contribution in [0.25, 0.3) is 11.1 Å². The van der Waals surface area contributed by atoms with Crippen molar-refractivity contribution in [2.45, 2.75) is 30.3 Å². The number of nitrogens with two attached hydrogens (primary N) is 1. The average Bonchev–Trinajstić information content (AvgIpc) is 3.29. The van der Waals surface area contributed by atoms with E-state index in [2.05, 4.69) is 27.2 Å². The van der Waals surface area contributed by atoms with Crippen molar-refractivity contribution >= 4 is 10.0 Å². The van der Waals surface area contributed by atoms with Gasteiger partial charge in [-0.3, -0.25) is 0 Å². The molecule has 2 heterocycles. The Balaban J connectivity index is 2.01. The molecule has 0 unspecified atom stereocenters. The van der Waals surface area contributed by atoms with E-state index in [1.165, 1.54) is 6.07 Å². The molecule has 7 N–H and O–H groups in total. The molecule has 2 aliphatic rings. The number of hydrazine groups is 3. The molecule has 0 saturated carbocycles. The molecule has 12 heteroatoms. The van der Waals surface area contributed by atoms with Crippen LogP contribution in [0.2, 0.25) is 0 Å². The van der Waals surface area contributed by atoms with E-state index in [1.54, 1.807) is 6.07 Å². The van der Waals surface area contributed by atoms with Crippen molar-refractivity contribution < 1.29 is 21.6 Å². The summed E-state index contributed by atoms with van der Waals surface area (Å²) in [7, 11) is -4.69. The van der Waals surface area contributed by atoms with Crippen molar-refractivity contribution in [1.82, 2.24) is 27.2 Å². The number of fused-ring (bicyclic) bond motifs is 1. The molecule has 0 bridgehead atoms. The zero-order valence-corrected chi connectivity index (χ0v) is 15.1. The lowest BCUT2D eigenvalue weighted by atomic mass is 9.93. The predicted molar refractivity (Wildman–Crippen MR) is 94.1 cm³/mol. The number of primary sulfonamides is 1. The molecule has 1 saturated heterocycles. The van der Waals surface area contributed by atoms with E-state index in [0.717, 1.165) is 17.2 Å². The smallest absolute Gasteiger partial charge is 0.309 e. The Bertz CT molecular complexity index is 1040. The van der Waals surface area contributed by atoms with Gasteiger partial charge in [0, 0.05) is 18.7 Å². The van der Waals surface area contributed by atoms with Crippen molar-refractivity contribution in [3.8, 4) is 11.1 Å². The van der Waals surface area contributed by atoms with Crippen molar-refractivity contribution in [2.24, 2.45) is 5.14 Å². The molecule has 0 atom stereocenters. The molecule has 4 rings (SSSR count). The molecule has 0 amide bonds. The summed E-state index contributed by atoms with van der Waals surface area (Å²) in [6.45, 7) is 1.34. The summed E-state index contributed by atoms with van der Waals surface area (Å²) in [6.07, 6.45) is -5.87. The first-order chi connectivity index (χ1) is 13.2. The number of sulfonamides is 1. The lowest BCUT2D eigenvalue weighted by Crippen LogP contribution is -2.33. The first-order valence-electron chi connectivity index (χ1n) is 8.27. The van der Waals surface area contributed by atoms with E-state index in [4.69, 9.17) is 5.14 Å². The fourth-order valence-corrected chi connectivity index (χ4v) is 4.55. The highest BCUT2D eigenvalue weighted by atomic mass is 32.2. The van der Waals surface area contributed by atoms with E-state index < -0.39 is 32.8 Å². The fraction of sp³-hybridized carbons (Fsp3) is 0.250. The van der Waals surface area contributed by atoms with E-state index in [0.29, 0.717) is 24.2 Å². The molecule has 2 aromatic rings. The largest absolute Gasteiger partial charge is 0.417 e. The standard InChI is InChI=1S/C16H17F3N6O2S/c17-16(18,19)12-4-3-11(8-1-2-9-6-21-7-10(9)5-8)13(14(12)28(20,26)27)15-22-24-25-23-15/h1-5,15,21-25H,6-7H2,(H2,20,26,27). The average molecular weight is 414 g/mol. The Kier molecular flexibility index (Phi) is 4.66. The summed E-state index contributed by atoms with van der Waals surface area (Å²) in [5.74, 6) is 0. The maximum Gasteiger partial charge on any atom is 0.417 e. The first kappa shape index (κ1) is 19.3. The normalized spacial score (nSPS) is 17.9. The lowest BCUT2D eigenvalue weighted by molar-refractivity contribution is -0.140. The lowest BCUT2D eigenvalue weighted by Gasteiger charge is -2.22. The van der Waals surface area contributed by atoms with Gasteiger partial charge in [0.05, 0.1) is 5.56 Å². The highest BCUT2D eigenvalue weighted by Gasteiger charge is 2.40. The van der Waals surface area contributed by atoms with Gasteiger partial charge in [0.15, 0.2) is 0 Å². The van der Waals surface area contributed by atoms with Crippen LogP contribution >= 0.6 is 0 Å². The highest BCUT2D eigenvalue weighted by molar-refractivity contribution is 7.89. The molecule has 1 fully saturated rings. The Hall–Kier alpha value is -2.06. The molecular weight excluding hydrogens is 397 g/mol. The second-order valence-corrected chi connectivity index (χ2v) is 8.00. The summed E-state index contributed by atoms with van der Waals surface area (Å²) in [5, 5.41) is 8.42. The molecule has 0 aromatic heterocycles. The Morgan fingerprint density at radius 3 is 2.32 bits per heavy atom. The first-order valence-corrected chi connectivity index (χ1v) is 9.82. The Morgan fingerprint density at radius 2 is 1.68 bits per heavy atom. The van der Waals surface area contributed by atoms with Crippen LogP contribution in [-0.2, 0) is 29.3 Å². The number of alkyl halides is 3. The number of halogens is 3. The van der Waals surface area contributed by atoms with Crippen LogP contribution in [0.4, 0.5) is 13.2 Å². The quantitative estimate of drug-likeness (QED) is 0.438. The van der Waals surface area contributed by atoms with Gasteiger partial charge in [0.2, 0.25) is 10.0 Å². The van der Waals surface area contributed by atoms with Crippen LogP contribution in [0.1, 0.15) is 28.4 Å². The summed E-state index contributed by atoms with van der Waals surface area (Å²) in [6, 6.07) is 7.47. The second kappa shape index (κ2) is 6.77. The number of hydrogen-bond donors (Lipinski definition) is 6. The summed E-state index contributed by atoms with van der Waals surface area (Å²) >= 11 is 0. The minimum atomic E-state index is -4.89. The summed E-state index contributed by atoms with van der Waals surface area (Å²) in [4.78, 5) is -0.966. The summed E-state index contributed by atoms with van der Waals surface area (Å²) in [5.41, 5.74) is 11.9. The van der Waals surface area contributed by atoms with E-state index in [1.807, 2.05) is 12.1 Å². The third-order valence-corrected chi connectivity index (χ3v) is 5.73. The number of nitrogens with one attached hydrogen (secondary N) is 5. The predicted octanol–water partition coefficient (Wildman–Crippen LogP) is 0.739. The third-order valence-electron chi connectivity index (χ3n) is 4.72. The molecule has 2 aliphatic heterocycles. The van der Waals surface area contributed by atoms with Gasteiger partial charge in [-0.1, -0.05) is 18.2 Å². The van der Waals surface area contributed by atoms with Gasteiger partial charge >= 0.3 is 6.18 Å². The van der Waals surface area contributed by atoms with Gasteiger partial charge in [0.1, 0.15) is 11.1 Å². The van der Waals surface area contributed by atoms with E-state index >= 15 is 0 Å². The molecular formula is C16H17F3N6O2S. The molecule has 0 spiro atoms. The van der Waals surface area contributed by atoms with Crippen LogP contribution in [0.15, 0.2) is 35.2 Å². The van der Waals surface area contributed by atoms with Crippen LogP contribution in [-0.4, -0.2) is 8.42 Å². The number of rotatable bonds is 3. The molecule has 28 heavy (non-hydrogen) atoms. The van der Waals surface area contributed by atoms with Gasteiger partial charge in [-0.05, 0) is 34.4 Å².